The molecule has 0 aliphatic carbocycles. The van der Waals surface area contributed by atoms with Crippen LogP contribution in [0.5, 0.6) is 0 Å². The number of aryl methyl sites for hydroxylation is 1. The van der Waals surface area contributed by atoms with Crippen LogP contribution in [0.2, 0.25) is 0 Å². The molecule has 0 aliphatic rings. The Hall–Kier alpha value is -4.01. The zero-order chi connectivity index (χ0) is 25.5. The minimum absolute atomic E-state index is 0.0226. The van der Waals surface area contributed by atoms with E-state index in [1.54, 1.807) is 18.3 Å². The molecule has 4 aromatic rings. The molecule has 8 heteroatoms. The predicted octanol–water partition coefficient (Wildman–Crippen LogP) is 4.64. The number of pyridine rings is 1. The monoisotopic (exact) mass is 501 g/mol. The quantitative estimate of drug-likeness (QED) is 0.292. The lowest BCUT2D eigenvalue weighted by Crippen LogP contribution is -2.42. The molecule has 4 rings (SSSR count). The third-order valence-electron chi connectivity index (χ3n) is 5.72. The molecule has 1 atom stereocenters. The molecular formula is C28H27N3O4S. The molecule has 0 fully saturated rings. The van der Waals surface area contributed by atoms with Crippen LogP contribution in [0.4, 0.5) is 5.82 Å². The van der Waals surface area contributed by atoms with Crippen LogP contribution in [0.3, 0.4) is 0 Å². The summed E-state index contributed by atoms with van der Waals surface area (Å²) in [5.41, 5.74) is 4.73. The molecule has 36 heavy (non-hydrogen) atoms. The van der Waals surface area contributed by atoms with Crippen LogP contribution < -0.4 is 10.0 Å². The molecule has 0 saturated heterocycles. The Morgan fingerprint density at radius 1 is 0.889 bits per heavy atom. The van der Waals surface area contributed by atoms with Gasteiger partial charge in [0.15, 0.2) is 0 Å². The molecule has 0 radical (unpaired) electrons. The maximum absolute atomic E-state index is 12.7. The van der Waals surface area contributed by atoms with Gasteiger partial charge in [0.2, 0.25) is 10.0 Å². The lowest BCUT2D eigenvalue weighted by Gasteiger charge is -2.15. The molecule has 0 amide bonds. The zero-order valence-corrected chi connectivity index (χ0v) is 20.6. The maximum Gasteiger partial charge on any atom is 0.322 e. The Bertz CT molecular complexity index is 1420. The van der Waals surface area contributed by atoms with Gasteiger partial charge in [-0.15, -0.1) is 0 Å². The number of anilines is 1. The number of sulfonamides is 1. The zero-order valence-electron chi connectivity index (χ0n) is 19.8. The van der Waals surface area contributed by atoms with Gasteiger partial charge in [-0.1, -0.05) is 66.2 Å². The Morgan fingerprint density at radius 3 is 2.31 bits per heavy atom. The SMILES string of the molecule is Cc1ccc(S(=O)(=O)NC(Cc2ccc(-c3cccc(CNc4ccccn4)c3)cc2)C(=O)O)cc1. The van der Waals surface area contributed by atoms with E-state index >= 15 is 0 Å². The molecule has 1 aromatic heterocycles. The van der Waals surface area contributed by atoms with Crippen LogP contribution in [0.25, 0.3) is 11.1 Å². The molecule has 184 valence electrons. The van der Waals surface area contributed by atoms with E-state index in [0.29, 0.717) is 12.1 Å². The number of benzene rings is 3. The average molecular weight is 502 g/mol. The lowest BCUT2D eigenvalue weighted by molar-refractivity contribution is -0.138. The van der Waals surface area contributed by atoms with Gasteiger partial charge in [-0.3, -0.25) is 4.79 Å². The van der Waals surface area contributed by atoms with Gasteiger partial charge in [0.05, 0.1) is 4.90 Å². The normalized spacial score (nSPS) is 12.1. The van der Waals surface area contributed by atoms with Gasteiger partial charge in [-0.2, -0.15) is 4.72 Å². The van der Waals surface area contributed by atoms with E-state index in [4.69, 9.17) is 0 Å². The van der Waals surface area contributed by atoms with E-state index in [1.165, 1.54) is 12.1 Å². The molecule has 0 saturated carbocycles. The summed E-state index contributed by atoms with van der Waals surface area (Å²) >= 11 is 0. The molecule has 1 unspecified atom stereocenters. The van der Waals surface area contributed by atoms with Crippen molar-refractivity contribution in [3.05, 3.63) is 114 Å². The van der Waals surface area contributed by atoms with Gasteiger partial charge in [0.25, 0.3) is 0 Å². The summed E-state index contributed by atoms with van der Waals surface area (Å²) in [6.07, 6.45) is 1.76. The first-order valence-electron chi connectivity index (χ1n) is 11.5. The number of carbonyl (C=O) groups is 1. The summed E-state index contributed by atoms with van der Waals surface area (Å²) in [5.74, 6) is -0.430. The molecule has 3 N–H and O–H groups in total. The van der Waals surface area contributed by atoms with E-state index in [0.717, 1.165) is 28.1 Å². The summed E-state index contributed by atoms with van der Waals surface area (Å²) in [6, 6.07) is 26.3. The predicted molar refractivity (Wildman–Crippen MR) is 140 cm³/mol. The van der Waals surface area contributed by atoms with Crippen molar-refractivity contribution in [2.45, 2.75) is 30.8 Å². The van der Waals surface area contributed by atoms with Crippen molar-refractivity contribution in [1.82, 2.24) is 9.71 Å². The van der Waals surface area contributed by atoms with E-state index in [9.17, 15) is 18.3 Å². The van der Waals surface area contributed by atoms with Gasteiger partial charge in [-0.05, 0) is 65.9 Å². The molecule has 0 bridgehead atoms. The molecule has 0 spiro atoms. The summed E-state index contributed by atoms with van der Waals surface area (Å²) in [7, 11) is -3.96. The van der Waals surface area contributed by atoms with Gasteiger partial charge < -0.3 is 10.4 Å². The second-order valence-corrected chi connectivity index (χ2v) is 10.2. The first-order valence-corrected chi connectivity index (χ1v) is 12.9. The van der Waals surface area contributed by atoms with Gasteiger partial charge >= 0.3 is 5.97 Å². The van der Waals surface area contributed by atoms with Crippen LogP contribution in [0, 0.1) is 6.92 Å². The third kappa shape index (κ3) is 6.56. The first-order chi connectivity index (χ1) is 17.3. The fraction of sp³-hybridized carbons (Fsp3) is 0.143. The highest BCUT2D eigenvalue weighted by Crippen LogP contribution is 2.22. The van der Waals surface area contributed by atoms with Crippen LogP contribution >= 0.6 is 0 Å². The molecular weight excluding hydrogens is 474 g/mol. The van der Waals surface area contributed by atoms with Crippen molar-refractivity contribution in [2.24, 2.45) is 0 Å². The van der Waals surface area contributed by atoms with Crippen molar-refractivity contribution in [3.8, 4) is 11.1 Å². The average Bonchev–Trinajstić information content (AvgIpc) is 2.88. The third-order valence-corrected chi connectivity index (χ3v) is 7.21. The van der Waals surface area contributed by atoms with Crippen molar-refractivity contribution < 1.29 is 18.3 Å². The van der Waals surface area contributed by atoms with Gasteiger partial charge in [-0.25, -0.2) is 13.4 Å². The van der Waals surface area contributed by atoms with Crippen molar-refractivity contribution in [2.75, 3.05) is 5.32 Å². The minimum Gasteiger partial charge on any atom is -0.480 e. The standard InChI is InChI=1S/C28H27N3O4S/c1-20-8-14-25(15-9-20)36(34,35)31-26(28(32)33)18-21-10-12-23(13-11-21)24-6-4-5-22(17-24)19-30-27-7-2-3-16-29-27/h2-17,26,31H,18-19H2,1H3,(H,29,30)(H,32,33). The highest BCUT2D eigenvalue weighted by atomic mass is 32.2. The number of hydrogen-bond acceptors (Lipinski definition) is 5. The Labute approximate surface area is 210 Å². The Morgan fingerprint density at radius 2 is 1.64 bits per heavy atom. The van der Waals surface area contributed by atoms with E-state index < -0.39 is 22.0 Å². The first kappa shape index (κ1) is 25.1. The fourth-order valence-corrected chi connectivity index (χ4v) is 4.93. The van der Waals surface area contributed by atoms with E-state index in [1.807, 2.05) is 67.6 Å². The number of aliphatic carboxylic acids is 1. The van der Waals surface area contributed by atoms with Crippen LogP contribution in [-0.2, 0) is 27.8 Å². The summed E-state index contributed by atoms with van der Waals surface area (Å²) < 4.78 is 27.7. The van der Waals surface area contributed by atoms with Crippen LogP contribution in [-0.4, -0.2) is 30.5 Å². The molecule has 1 heterocycles. The molecule has 0 aliphatic heterocycles. The summed E-state index contributed by atoms with van der Waals surface area (Å²) in [4.78, 5) is 16.1. The number of nitrogens with zero attached hydrogens (tertiary/aromatic N) is 1. The Balaban J connectivity index is 1.44. The smallest absolute Gasteiger partial charge is 0.322 e. The number of hydrogen-bond donors (Lipinski definition) is 3. The number of carboxylic acids is 1. The van der Waals surface area contributed by atoms with E-state index in [-0.39, 0.29) is 11.3 Å². The number of nitrogens with one attached hydrogen (secondary N) is 2. The highest BCUT2D eigenvalue weighted by Gasteiger charge is 2.25. The topological polar surface area (TPSA) is 108 Å². The number of rotatable bonds is 10. The molecule has 3 aromatic carbocycles. The number of aromatic nitrogens is 1. The Kier molecular flexibility index (Phi) is 7.77. The fourth-order valence-electron chi connectivity index (χ4n) is 3.74. The molecule has 7 nitrogen and oxygen atoms in total. The van der Waals surface area contributed by atoms with Crippen molar-refractivity contribution >= 4 is 21.8 Å². The van der Waals surface area contributed by atoms with E-state index in [2.05, 4.69) is 21.1 Å². The van der Waals surface area contributed by atoms with Crippen LogP contribution in [0.1, 0.15) is 16.7 Å². The van der Waals surface area contributed by atoms with Crippen LogP contribution in [0.15, 0.2) is 102 Å². The second kappa shape index (κ2) is 11.2. The van der Waals surface area contributed by atoms with Gasteiger partial charge in [0, 0.05) is 12.7 Å². The minimum atomic E-state index is -3.96. The van der Waals surface area contributed by atoms with Crippen molar-refractivity contribution in [1.29, 1.82) is 0 Å². The highest BCUT2D eigenvalue weighted by molar-refractivity contribution is 7.89. The summed E-state index contributed by atoms with van der Waals surface area (Å²) in [6.45, 7) is 2.48. The van der Waals surface area contributed by atoms with Gasteiger partial charge in [0.1, 0.15) is 11.9 Å². The maximum atomic E-state index is 12.7. The lowest BCUT2D eigenvalue weighted by atomic mass is 9.99. The second-order valence-electron chi connectivity index (χ2n) is 8.50. The summed E-state index contributed by atoms with van der Waals surface area (Å²) in [5, 5.41) is 12.9. The largest absolute Gasteiger partial charge is 0.480 e. The van der Waals surface area contributed by atoms with Crippen molar-refractivity contribution in [3.63, 3.8) is 0 Å². The number of carboxylic acid groups (broad SMARTS) is 1.